The summed E-state index contributed by atoms with van der Waals surface area (Å²) in [4.78, 5) is 11.2. The minimum absolute atomic E-state index is 0.0288. The highest BCUT2D eigenvalue weighted by Crippen LogP contribution is 2.20. The van der Waals surface area contributed by atoms with Crippen LogP contribution in [0.5, 0.6) is 0 Å². The average molecular weight is 318 g/mol. The van der Waals surface area contributed by atoms with Crippen molar-refractivity contribution in [1.82, 2.24) is 9.78 Å². The van der Waals surface area contributed by atoms with Crippen molar-refractivity contribution in [2.45, 2.75) is 0 Å². The van der Waals surface area contributed by atoms with Crippen molar-refractivity contribution < 1.29 is 0 Å². The highest BCUT2D eigenvalue weighted by Gasteiger charge is 2.05. The summed E-state index contributed by atoms with van der Waals surface area (Å²) in [6, 6.07) is 7.94. The first-order valence-corrected chi connectivity index (χ1v) is 5.86. The molecule has 0 saturated heterocycles. The van der Waals surface area contributed by atoms with Crippen LogP contribution in [0, 0.1) is 3.57 Å². The van der Waals surface area contributed by atoms with E-state index < -0.39 is 0 Å². The van der Waals surface area contributed by atoms with Crippen LogP contribution in [0.3, 0.4) is 0 Å². The molecule has 72 valence electrons. The van der Waals surface area contributed by atoms with E-state index >= 15 is 0 Å². The van der Waals surface area contributed by atoms with Gasteiger partial charge in [-0.25, -0.2) is 4.68 Å². The number of benzene rings is 1. The van der Waals surface area contributed by atoms with E-state index in [9.17, 15) is 4.79 Å². The molecular weight excluding hydrogens is 311 g/mol. The highest BCUT2D eigenvalue weighted by molar-refractivity contribution is 14.1. The second-order valence-corrected chi connectivity index (χ2v) is 4.99. The Morgan fingerprint density at radius 1 is 1.50 bits per heavy atom. The van der Waals surface area contributed by atoms with Gasteiger partial charge in [-0.2, -0.15) is 5.10 Å². The van der Waals surface area contributed by atoms with Gasteiger partial charge in [-0.3, -0.25) is 4.79 Å². The van der Waals surface area contributed by atoms with Crippen LogP contribution >= 0.6 is 33.9 Å². The van der Waals surface area contributed by atoms with Crippen LogP contribution in [-0.2, 0) is 7.05 Å². The third kappa shape index (κ3) is 1.88. The first kappa shape index (κ1) is 9.85. The maximum Gasteiger partial charge on any atom is 0.325 e. The Morgan fingerprint density at radius 3 is 2.86 bits per heavy atom. The SMILES string of the molecule is Cn1nc(-c2cccc(I)c2)sc1=O. The molecule has 2 rings (SSSR count). The molecule has 0 spiro atoms. The topological polar surface area (TPSA) is 34.9 Å². The lowest BCUT2D eigenvalue weighted by Gasteiger charge is -1.95. The van der Waals surface area contributed by atoms with Crippen molar-refractivity contribution in [3.8, 4) is 10.6 Å². The smallest absolute Gasteiger partial charge is 0.255 e. The fraction of sp³-hybridized carbons (Fsp3) is 0.111. The Bertz CT molecular complexity index is 518. The number of hydrogen-bond donors (Lipinski definition) is 0. The van der Waals surface area contributed by atoms with Crippen molar-refractivity contribution in [3.05, 3.63) is 37.5 Å². The molecule has 0 aliphatic heterocycles. The third-order valence-electron chi connectivity index (χ3n) is 1.76. The molecule has 0 unspecified atom stereocenters. The number of halogens is 1. The minimum atomic E-state index is -0.0288. The molecule has 1 aromatic carbocycles. The molecule has 2 aromatic rings. The Morgan fingerprint density at radius 2 is 2.29 bits per heavy atom. The molecule has 0 saturated carbocycles. The standard InChI is InChI=1S/C9H7IN2OS/c1-12-9(13)14-8(11-12)6-3-2-4-7(10)5-6/h2-5H,1H3. The molecule has 0 atom stereocenters. The molecule has 0 aliphatic rings. The van der Waals surface area contributed by atoms with Crippen molar-refractivity contribution >= 4 is 33.9 Å². The number of aryl methyl sites for hydroxylation is 1. The summed E-state index contributed by atoms with van der Waals surface area (Å²) < 4.78 is 2.50. The van der Waals surface area contributed by atoms with Crippen LogP contribution in [0.1, 0.15) is 0 Å². The van der Waals surface area contributed by atoms with Gasteiger partial charge in [0.25, 0.3) is 0 Å². The van der Waals surface area contributed by atoms with Gasteiger partial charge in [-0.15, -0.1) is 0 Å². The molecule has 0 radical (unpaired) electrons. The molecule has 3 nitrogen and oxygen atoms in total. The minimum Gasteiger partial charge on any atom is -0.255 e. The van der Waals surface area contributed by atoms with Gasteiger partial charge >= 0.3 is 4.87 Å². The monoisotopic (exact) mass is 318 g/mol. The molecular formula is C9H7IN2OS. The molecule has 1 aromatic heterocycles. The van der Waals surface area contributed by atoms with Crippen LogP contribution in [-0.4, -0.2) is 9.78 Å². The van der Waals surface area contributed by atoms with Crippen LogP contribution in [0.15, 0.2) is 29.1 Å². The van der Waals surface area contributed by atoms with Crippen LogP contribution in [0.25, 0.3) is 10.6 Å². The van der Waals surface area contributed by atoms with Crippen LogP contribution in [0.4, 0.5) is 0 Å². The van der Waals surface area contributed by atoms with E-state index in [1.165, 1.54) is 16.0 Å². The van der Waals surface area contributed by atoms with Crippen molar-refractivity contribution in [2.24, 2.45) is 7.05 Å². The molecule has 0 fully saturated rings. The lowest BCUT2D eigenvalue weighted by Crippen LogP contribution is -2.08. The molecule has 14 heavy (non-hydrogen) atoms. The van der Waals surface area contributed by atoms with E-state index in [1.54, 1.807) is 7.05 Å². The van der Waals surface area contributed by atoms with Gasteiger partial charge in [0, 0.05) is 16.2 Å². The molecule has 0 amide bonds. The van der Waals surface area contributed by atoms with Crippen molar-refractivity contribution in [2.75, 3.05) is 0 Å². The lowest BCUT2D eigenvalue weighted by molar-refractivity contribution is 0.746. The lowest BCUT2D eigenvalue weighted by atomic mass is 10.2. The number of hydrogen-bond acceptors (Lipinski definition) is 3. The van der Waals surface area contributed by atoms with E-state index in [0.717, 1.165) is 14.1 Å². The Hall–Kier alpha value is -0.690. The van der Waals surface area contributed by atoms with E-state index in [0.29, 0.717) is 0 Å². The fourth-order valence-corrected chi connectivity index (χ4v) is 2.37. The zero-order chi connectivity index (χ0) is 10.1. The largest absolute Gasteiger partial charge is 0.325 e. The zero-order valence-corrected chi connectivity index (χ0v) is 10.4. The molecule has 5 heteroatoms. The van der Waals surface area contributed by atoms with E-state index in [2.05, 4.69) is 27.7 Å². The molecule has 0 aliphatic carbocycles. The second-order valence-electron chi connectivity index (χ2n) is 2.81. The van der Waals surface area contributed by atoms with E-state index in [-0.39, 0.29) is 4.87 Å². The highest BCUT2D eigenvalue weighted by atomic mass is 127. The maximum atomic E-state index is 11.2. The molecule has 0 bridgehead atoms. The maximum absolute atomic E-state index is 11.2. The average Bonchev–Trinajstić information content (AvgIpc) is 2.47. The summed E-state index contributed by atoms with van der Waals surface area (Å²) in [5.74, 6) is 0. The third-order valence-corrected chi connectivity index (χ3v) is 3.38. The van der Waals surface area contributed by atoms with E-state index in [4.69, 9.17) is 0 Å². The van der Waals surface area contributed by atoms with Crippen LogP contribution in [0.2, 0.25) is 0 Å². The zero-order valence-electron chi connectivity index (χ0n) is 7.40. The summed E-state index contributed by atoms with van der Waals surface area (Å²) in [7, 11) is 1.66. The van der Waals surface area contributed by atoms with Crippen LogP contribution < -0.4 is 4.87 Å². The number of aromatic nitrogens is 2. The van der Waals surface area contributed by atoms with Crippen molar-refractivity contribution in [3.63, 3.8) is 0 Å². The first-order chi connectivity index (χ1) is 6.66. The van der Waals surface area contributed by atoms with Gasteiger partial charge in [-0.05, 0) is 34.7 Å². The van der Waals surface area contributed by atoms with Gasteiger partial charge in [0.05, 0.1) is 0 Å². The van der Waals surface area contributed by atoms with Crippen molar-refractivity contribution in [1.29, 1.82) is 0 Å². The molecule has 0 N–H and O–H groups in total. The van der Waals surface area contributed by atoms with Gasteiger partial charge in [0.1, 0.15) is 5.01 Å². The normalized spacial score (nSPS) is 10.4. The Labute approximate surface area is 98.5 Å². The predicted octanol–water partition coefficient (Wildman–Crippen LogP) is 2.11. The second kappa shape index (κ2) is 3.82. The summed E-state index contributed by atoms with van der Waals surface area (Å²) >= 11 is 3.41. The Balaban J connectivity index is 2.54. The van der Waals surface area contributed by atoms with Gasteiger partial charge < -0.3 is 0 Å². The quantitative estimate of drug-likeness (QED) is 0.755. The summed E-state index contributed by atoms with van der Waals surface area (Å²) in [6.45, 7) is 0. The molecule has 1 heterocycles. The number of rotatable bonds is 1. The Kier molecular flexibility index (Phi) is 2.69. The van der Waals surface area contributed by atoms with Gasteiger partial charge in [0.15, 0.2) is 0 Å². The van der Waals surface area contributed by atoms with E-state index in [1.807, 2.05) is 24.3 Å². The summed E-state index contributed by atoms with van der Waals surface area (Å²) in [5, 5.41) is 4.92. The summed E-state index contributed by atoms with van der Waals surface area (Å²) in [5.41, 5.74) is 1.000. The number of nitrogens with zero attached hydrogens (tertiary/aromatic N) is 2. The first-order valence-electron chi connectivity index (χ1n) is 3.97. The van der Waals surface area contributed by atoms with Gasteiger partial charge in [-0.1, -0.05) is 23.5 Å². The van der Waals surface area contributed by atoms with Gasteiger partial charge in [0.2, 0.25) is 0 Å². The predicted molar refractivity (Wildman–Crippen MR) is 65.5 cm³/mol. The summed E-state index contributed by atoms with van der Waals surface area (Å²) in [6.07, 6.45) is 0. The fourth-order valence-electron chi connectivity index (χ4n) is 1.08.